The van der Waals surface area contributed by atoms with E-state index in [-0.39, 0.29) is 17.8 Å². The van der Waals surface area contributed by atoms with E-state index in [1.807, 2.05) is 57.7 Å². The maximum absolute atomic E-state index is 15.0. The van der Waals surface area contributed by atoms with Crippen molar-refractivity contribution >= 4 is 23.5 Å². The monoisotopic (exact) mass is 560 g/mol. The van der Waals surface area contributed by atoms with E-state index in [0.29, 0.717) is 36.8 Å². The fourth-order valence-electron chi connectivity index (χ4n) is 6.67. The molecule has 4 rings (SSSR count). The van der Waals surface area contributed by atoms with E-state index < -0.39 is 33.8 Å². The van der Waals surface area contributed by atoms with Crippen molar-refractivity contribution in [3.63, 3.8) is 0 Å². The summed E-state index contributed by atoms with van der Waals surface area (Å²) in [5.74, 6) is -1.87. The minimum atomic E-state index is -0.892. The summed E-state index contributed by atoms with van der Waals surface area (Å²) in [6, 6.07) is 9.30. The number of nitrogens with zero attached hydrogens (tertiary/aromatic N) is 1. The minimum absolute atomic E-state index is 0.00149. The van der Waals surface area contributed by atoms with Gasteiger partial charge in [0.05, 0.1) is 17.9 Å². The highest BCUT2D eigenvalue weighted by atomic mass is 35.5. The number of ether oxygens (including phenoxy) is 1. The highest BCUT2D eigenvalue weighted by molar-refractivity contribution is 6.30. The van der Waals surface area contributed by atoms with Gasteiger partial charge in [-0.1, -0.05) is 44.5 Å². The molecular formula is C31H39ClF2N2O3. The summed E-state index contributed by atoms with van der Waals surface area (Å²) >= 11 is 6.33. The number of halogens is 3. The van der Waals surface area contributed by atoms with E-state index in [2.05, 4.69) is 5.32 Å². The lowest BCUT2D eigenvalue weighted by Gasteiger charge is -2.48. The second kappa shape index (κ2) is 10.8. The number of nitrogens with one attached hydrogen (secondary N) is 1. The summed E-state index contributed by atoms with van der Waals surface area (Å²) < 4.78 is 33.8. The molecule has 0 spiro atoms. The molecule has 2 atom stereocenters. The van der Waals surface area contributed by atoms with Gasteiger partial charge in [0.1, 0.15) is 11.6 Å². The van der Waals surface area contributed by atoms with Gasteiger partial charge in [0.25, 0.3) is 0 Å². The van der Waals surface area contributed by atoms with Crippen LogP contribution in [-0.2, 0) is 19.7 Å². The molecule has 2 aliphatic rings. The molecule has 212 valence electrons. The van der Waals surface area contributed by atoms with E-state index in [1.165, 1.54) is 19.2 Å². The SMILES string of the molecule is COC(=O)C(C)(C)c1cc(Cl)ccc1C1CCN(C(=O)[C@@]2(C(C)(C)C)CNC[C@H]2c2ccc(F)cc2F)CC1. The van der Waals surface area contributed by atoms with Crippen molar-refractivity contribution < 1.29 is 23.1 Å². The Morgan fingerprint density at radius 1 is 1.03 bits per heavy atom. The lowest BCUT2D eigenvalue weighted by Crippen LogP contribution is -2.56. The zero-order chi connectivity index (χ0) is 28.8. The number of likely N-dealkylation sites (tertiary alicyclic amines) is 1. The molecule has 2 fully saturated rings. The van der Waals surface area contributed by atoms with Crippen LogP contribution in [0.5, 0.6) is 0 Å². The summed E-state index contributed by atoms with van der Waals surface area (Å²) in [7, 11) is 1.38. The Kier molecular flexibility index (Phi) is 8.17. The average Bonchev–Trinajstić information content (AvgIpc) is 3.34. The average molecular weight is 561 g/mol. The highest BCUT2D eigenvalue weighted by Crippen LogP contribution is 2.53. The van der Waals surface area contributed by atoms with Crippen LogP contribution >= 0.6 is 11.6 Å². The molecule has 1 amide bonds. The fraction of sp³-hybridized carbons (Fsp3) is 0.548. The van der Waals surface area contributed by atoms with E-state index in [1.54, 1.807) is 0 Å². The van der Waals surface area contributed by atoms with Crippen LogP contribution in [0.25, 0.3) is 0 Å². The topological polar surface area (TPSA) is 58.6 Å². The Morgan fingerprint density at radius 3 is 2.26 bits per heavy atom. The van der Waals surface area contributed by atoms with Crippen molar-refractivity contribution in [2.45, 2.75) is 64.7 Å². The van der Waals surface area contributed by atoms with Gasteiger partial charge >= 0.3 is 5.97 Å². The minimum Gasteiger partial charge on any atom is -0.468 e. The molecule has 8 heteroatoms. The molecule has 0 bridgehead atoms. The third-order valence-corrected chi connectivity index (χ3v) is 9.25. The van der Waals surface area contributed by atoms with Crippen molar-refractivity contribution in [2.75, 3.05) is 33.3 Å². The molecule has 2 aromatic carbocycles. The lowest BCUT2D eigenvalue weighted by atomic mass is 9.58. The van der Waals surface area contributed by atoms with Crippen LogP contribution < -0.4 is 5.32 Å². The van der Waals surface area contributed by atoms with Crippen molar-refractivity contribution in [3.05, 3.63) is 69.7 Å². The van der Waals surface area contributed by atoms with E-state index in [0.717, 1.165) is 30.0 Å². The fourth-order valence-corrected chi connectivity index (χ4v) is 6.84. The summed E-state index contributed by atoms with van der Waals surface area (Å²) in [6.07, 6.45) is 1.45. The van der Waals surface area contributed by atoms with Crippen molar-refractivity contribution in [3.8, 4) is 0 Å². The molecule has 5 nitrogen and oxygen atoms in total. The quantitative estimate of drug-likeness (QED) is 0.443. The van der Waals surface area contributed by atoms with Crippen molar-refractivity contribution in [2.24, 2.45) is 10.8 Å². The van der Waals surface area contributed by atoms with E-state index in [9.17, 15) is 18.4 Å². The van der Waals surface area contributed by atoms with E-state index in [4.69, 9.17) is 16.3 Å². The summed E-state index contributed by atoms with van der Waals surface area (Å²) in [5.41, 5.74) is 0.00199. The van der Waals surface area contributed by atoms with Crippen molar-refractivity contribution in [1.82, 2.24) is 10.2 Å². The van der Waals surface area contributed by atoms with Crippen LogP contribution in [0.2, 0.25) is 5.02 Å². The maximum atomic E-state index is 15.0. The van der Waals surface area contributed by atoms with Gasteiger partial charge in [-0.25, -0.2) is 8.78 Å². The molecule has 2 aliphatic heterocycles. The Labute approximate surface area is 235 Å². The number of hydrogen-bond donors (Lipinski definition) is 1. The van der Waals surface area contributed by atoms with Gasteiger partial charge in [-0.15, -0.1) is 0 Å². The number of esters is 1. The molecular weight excluding hydrogens is 522 g/mol. The van der Waals surface area contributed by atoms with Gasteiger partial charge in [-0.05, 0) is 72.9 Å². The zero-order valence-corrected chi connectivity index (χ0v) is 24.4. The molecule has 2 aromatic rings. The first-order valence-electron chi connectivity index (χ1n) is 13.6. The van der Waals surface area contributed by atoms with Crippen LogP contribution in [0.15, 0.2) is 36.4 Å². The number of methoxy groups -OCH3 is 1. The third-order valence-electron chi connectivity index (χ3n) is 9.01. The van der Waals surface area contributed by atoms with Gasteiger partial charge < -0.3 is 15.0 Å². The summed E-state index contributed by atoms with van der Waals surface area (Å²) in [4.78, 5) is 28.9. The number of amides is 1. The van der Waals surface area contributed by atoms with Crippen LogP contribution in [0.4, 0.5) is 8.78 Å². The van der Waals surface area contributed by atoms with Gasteiger partial charge in [0, 0.05) is 43.2 Å². The van der Waals surface area contributed by atoms with Crippen LogP contribution in [0.1, 0.15) is 76.0 Å². The lowest BCUT2D eigenvalue weighted by molar-refractivity contribution is -0.150. The first kappa shape index (κ1) is 29.5. The number of piperidine rings is 1. The molecule has 39 heavy (non-hydrogen) atoms. The van der Waals surface area contributed by atoms with Gasteiger partial charge in [0.15, 0.2) is 0 Å². The molecule has 0 unspecified atom stereocenters. The van der Waals surface area contributed by atoms with E-state index >= 15 is 0 Å². The number of carbonyl (C=O) groups is 2. The number of benzene rings is 2. The predicted molar refractivity (Wildman–Crippen MR) is 149 cm³/mol. The standard InChI is InChI=1S/C31H39ClF2N2O3/c1-29(2,3)31(18-35-17-25(31)23-10-8-21(33)16-26(23)34)27(37)36-13-11-19(12-14-36)22-9-7-20(32)15-24(22)30(4,5)28(38)39-6/h7-10,15-16,19,25,35H,11-14,17-18H2,1-6H3/t25-,31+/m0/s1. The van der Waals surface area contributed by atoms with Crippen LogP contribution in [0, 0.1) is 22.5 Å². The van der Waals surface area contributed by atoms with Gasteiger partial charge in [0.2, 0.25) is 5.91 Å². The summed E-state index contributed by atoms with van der Waals surface area (Å²) in [5, 5.41) is 3.90. The Balaban J connectivity index is 1.62. The predicted octanol–water partition coefficient (Wildman–Crippen LogP) is 6.19. The highest BCUT2D eigenvalue weighted by Gasteiger charge is 2.58. The summed E-state index contributed by atoms with van der Waals surface area (Å²) in [6.45, 7) is 11.7. The molecule has 0 aromatic heterocycles. The van der Waals surface area contributed by atoms with Crippen molar-refractivity contribution in [1.29, 1.82) is 0 Å². The number of hydrogen-bond acceptors (Lipinski definition) is 4. The molecule has 0 radical (unpaired) electrons. The molecule has 0 saturated carbocycles. The van der Waals surface area contributed by atoms with Crippen LogP contribution in [0.3, 0.4) is 0 Å². The smallest absolute Gasteiger partial charge is 0.315 e. The molecule has 2 saturated heterocycles. The first-order valence-corrected chi connectivity index (χ1v) is 13.9. The van der Waals surface area contributed by atoms with Crippen LogP contribution in [-0.4, -0.2) is 50.1 Å². The normalized spacial score (nSPS) is 22.7. The Bertz CT molecular complexity index is 1250. The molecule has 1 N–H and O–H groups in total. The second-order valence-electron chi connectivity index (χ2n) is 12.5. The zero-order valence-electron chi connectivity index (χ0n) is 23.7. The van der Waals surface area contributed by atoms with Gasteiger partial charge in [-0.3, -0.25) is 9.59 Å². The number of carbonyl (C=O) groups excluding carboxylic acids is 2. The Hall–Kier alpha value is -2.51. The van der Waals surface area contributed by atoms with Gasteiger partial charge in [-0.2, -0.15) is 0 Å². The maximum Gasteiger partial charge on any atom is 0.315 e. The largest absolute Gasteiger partial charge is 0.468 e. The first-order chi connectivity index (χ1) is 18.2. The Morgan fingerprint density at radius 2 is 1.67 bits per heavy atom. The number of rotatable bonds is 5. The molecule has 0 aliphatic carbocycles. The third kappa shape index (κ3) is 5.20. The molecule has 2 heterocycles. The second-order valence-corrected chi connectivity index (χ2v) is 12.9.